The summed E-state index contributed by atoms with van der Waals surface area (Å²) < 4.78 is 0. The summed E-state index contributed by atoms with van der Waals surface area (Å²) in [5, 5.41) is 13.4. The summed E-state index contributed by atoms with van der Waals surface area (Å²) in [6, 6.07) is 15.1. The first-order valence-electron chi connectivity index (χ1n) is 7.16. The molecule has 0 fully saturated rings. The number of hydrogen-bond donors (Lipinski definition) is 2. The molecule has 2 aromatic carbocycles. The smallest absolute Gasteiger partial charge is 0.115 e. The zero-order valence-electron chi connectivity index (χ0n) is 12.5. The Balaban J connectivity index is 1.96. The molecule has 0 aliphatic heterocycles. The molecule has 0 aliphatic carbocycles. The van der Waals surface area contributed by atoms with E-state index in [1.54, 1.807) is 30.5 Å². The van der Waals surface area contributed by atoms with E-state index >= 15 is 0 Å². The molecule has 0 saturated carbocycles. The number of phenols is 1. The maximum atomic E-state index is 9.20. The van der Waals surface area contributed by atoms with Crippen molar-refractivity contribution >= 4 is 17.6 Å². The van der Waals surface area contributed by atoms with Crippen molar-refractivity contribution in [3.63, 3.8) is 0 Å². The third kappa shape index (κ3) is 4.24. The lowest BCUT2D eigenvalue weighted by Crippen LogP contribution is -2.21. The molecule has 0 radical (unpaired) electrons. The average Bonchev–Trinajstić information content (AvgIpc) is 2.52. The number of rotatable bonds is 6. The molecule has 0 spiro atoms. The maximum Gasteiger partial charge on any atom is 0.115 e. The highest BCUT2D eigenvalue weighted by molar-refractivity contribution is 5.81. The molecule has 2 aromatic rings. The Bertz CT molecular complexity index is 572. The highest BCUT2D eigenvalue weighted by Gasteiger charge is 2.00. The summed E-state index contributed by atoms with van der Waals surface area (Å²) in [6.07, 6.45) is 1.78. The van der Waals surface area contributed by atoms with Crippen LogP contribution >= 0.6 is 0 Å². The van der Waals surface area contributed by atoms with Gasteiger partial charge in [-0.25, -0.2) is 0 Å². The van der Waals surface area contributed by atoms with Crippen LogP contribution in [0.25, 0.3) is 0 Å². The van der Waals surface area contributed by atoms with Gasteiger partial charge in [0.1, 0.15) is 5.75 Å². The Labute approximate surface area is 125 Å². The fourth-order valence-corrected chi connectivity index (χ4v) is 2.08. The van der Waals surface area contributed by atoms with Crippen molar-refractivity contribution in [3.05, 3.63) is 54.1 Å². The summed E-state index contributed by atoms with van der Waals surface area (Å²) in [4.78, 5) is 2.30. The quantitative estimate of drug-likeness (QED) is 0.483. The number of hydrazone groups is 1. The number of hydrogen-bond acceptors (Lipinski definition) is 4. The first kappa shape index (κ1) is 14.9. The third-order valence-electron chi connectivity index (χ3n) is 3.30. The van der Waals surface area contributed by atoms with E-state index in [4.69, 9.17) is 0 Å². The molecule has 0 unspecified atom stereocenters. The van der Waals surface area contributed by atoms with Crippen LogP contribution in [0.5, 0.6) is 5.75 Å². The van der Waals surface area contributed by atoms with Crippen LogP contribution in [0.1, 0.15) is 19.4 Å². The van der Waals surface area contributed by atoms with Crippen LogP contribution in [0.15, 0.2) is 53.6 Å². The Kier molecular flexibility index (Phi) is 5.21. The lowest BCUT2D eigenvalue weighted by Gasteiger charge is -2.20. The molecule has 110 valence electrons. The molecule has 2 rings (SSSR count). The largest absolute Gasteiger partial charge is 0.508 e. The second kappa shape index (κ2) is 7.33. The number of phenolic OH excluding ortho intramolecular Hbond substituents is 1. The van der Waals surface area contributed by atoms with Crippen LogP contribution < -0.4 is 10.3 Å². The van der Waals surface area contributed by atoms with Gasteiger partial charge in [0.2, 0.25) is 0 Å². The average molecular weight is 283 g/mol. The van der Waals surface area contributed by atoms with Gasteiger partial charge in [-0.3, -0.25) is 5.43 Å². The maximum absolute atomic E-state index is 9.20. The van der Waals surface area contributed by atoms with E-state index in [-0.39, 0.29) is 5.75 Å². The number of aromatic hydroxyl groups is 1. The van der Waals surface area contributed by atoms with Gasteiger partial charge in [0.05, 0.1) is 11.9 Å². The van der Waals surface area contributed by atoms with Crippen LogP contribution in [0.2, 0.25) is 0 Å². The normalized spacial score (nSPS) is 10.8. The van der Waals surface area contributed by atoms with E-state index in [2.05, 4.69) is 53.5 Å². The number of nitrogens with one attached hydrogen (secondary N) is 1. The molecule has 2 N–H and O–H groups in total. The highest BCUT2D eigenvalue weighted by Crippen LogP contribution is 2.15. The Morgan fingerprint density at radius 1 is 1.00 bits per heavy atom. The zero-order chi connectivity index (χ0) is 15.1. The minimum absolute atomic E-state index is 0.247. The SMILES string of the molecule is CCN(CC)c1ccc(/C=N/Nc2ccc(O)cc2)cc1. The van der Waals surface area contributed by atoms with Crippen molar-refractivity contribution in [1.29, 1.82) is 0 Å². The fraction of sp³-hybridized carbons (Fsp3) is 0.235. The second-order valence-corrected chi connectivity index (χ2v) is 4.68. The molecule has 0 heterocycles. The van der Waals surface area contributed by atoms with E-state index in [1.807, 2.05) is 0 Å². The zero-order valence-corrected chi connectivity index (χ0v) is 12.5. The van der Waals surface area contributed by atoms with Gasteiger partial charge in [0.25, 0.3) is 0 Å². The van der Waals surface area contributed by atoms with Gasteiger partial charge in [-0.2, -0.15) is 5.10 Å². The van der Waals surface area contributed by atoms with Gasteiger partial charge in [-0.15, -0.1) is 0 Å². The predicted octanol–water partition coefficient (Wildman–Crippen LogP) is 3.68. The molecule has 4 nitrogen and oxygen atoms in total. The van der Waals surface area contributed by atoms with Gasteiger partial charge in [0, 0.05) is 18.8 Å². The van der Waals surface area contributed by atoms with Crippen LogP contribution in [0, 0.1) is 0 Å². The lowest BCUT2D eigenvalue weighted by molar-refractivity contribution is 0.475. The molecule has 21 heavy (non-hydrogen) atoms. The van der Waals surface area contributed by atoms with Gasteiger partial charge in [0.15, 0.2) is 0 Å². The Morgan fingerprint density at radius 2 is 1.62 bits per heavy atom. The predicted molar refractivity (Wildman–Crippen MR) is 89.3 cm³/mol. The van der Waals surface area contributed by atoms with Crippen LogP contribution in [0.3, 0.4) is 0 Å². The molecule has 0 aromatic heterocycles. The van der Waals surface area contributed by atoms with Crippen LogP contribution in [-0.4, -0.2) is 24.4 Å². The fourth-order valence-electron chi connectivity index (χ4n) is 2.08. The van der Waals surface area contributed by atoms with Crippen LogP contribution in [0.4, 0.5) is 11.4 Å². The monoisotopic (exact) mass is 283 g/mol. The van der Waals surface area contributed by atoms with E-state index < -0.39 is 0 Å². The van der Waals surface area contributed by atoms with Crippen molar-refractivity contribution in [2.45, 2.75) is 13.8 Å². The Morgan fingerprint density at radius 3 is 2.19 bits per heavy atom. The Hall–Kier alpha value is -2.49. The van der Waals surface area contributed by atoms with Crippen molar-refractivity contribution in [2.75, 3.05) is 23.4 Å². The summed E-state index contributed by atoms with van der Waals surface area (Å²) in [5.74, 6) is 0.247. The van der Waals surface area contributed by atoms with E-state index in [0.29, 0.717) is 0 Å². The topological polar surface area (TPSA) is 47.9 Å². The van der Waals surface area contributed by atoms with Gasteiger partial charge >= 0.3 is 0 Å². The molecule has 0 aliphatic rings. The van der Waals surface area contributed by atoms with Crippen molar-refractivity contribution < 1.29 is 5.11 Å². The highest BCUT2D eigenvalue weighted by atomic mass is 16.3. The molecule has 0 saturated heterocycles. The lowest BCUT2D eigenvalue weighted by atomic mass is 10.2. The minimum Gasteiger partial charge on any atom is -0.508 e. The first-order valence-corrected chi connectivity index (χ1v) is 7.16. The minimum atomic E-state index is 0.247. The summed E-state index contributed by atoms with van der Waals surface area (Å²) in [6.45, 7) is 6.32. The molecular weight excluding hydrogens is 262 g/mol. The molecule has 0 atom stereocenters. The standard InChI is InChI=1S/C17H21N3O/c1-3-20(4-2)16-9-5-14(6-10-16)13-18-19-15-7-11-17(21)12-8-15/h5-13,19,21H,3-4H2,1-2H3/b18-13+. The number of nitrogens with zero attached hydrogens (tertiary/aromatic N) is 2. The number of benzene rings is 2. The summed E-state index contributed by atoms with van der Waals surface area (Å²) in [7, 11) is 0. The molecular formula is C17H21N3O. The number of anilines is 2. The van der Waals surface area contributed by atoms with Crippen molar-refractivity contribution in [2.24, 2.45) is 5.10 Å². The van der Waals surface area contributed by atoms with Crippen molar-refractivity contribution in [1.82, 2.24) is 0 Å². The van der Waals surface area contributed by atoms with Crippen molar-refractivity contribution in [3.8, 4) is 5.75 Å². The molecule has 4 heteroatoms. The van der Waals surface area contributed by atoms with Gasteiger partial charge in [-0.05, 0) is 55.8 Å². The van der Waals surface area contributed by atoms with Gasteiger partial charge in [-0.1, -0.05) is 12.1 Å². The summed E-state index contributed by atoms with van der Waals surface area (Å²) in [5.41, 5.74) is 6.03. The summed E-state index contributed by atoms with van der Waals surface area (Å²) >= 11 is 0. The second-order valence-electron chi connectivity index (χ2n) is 4.68. The third-order valence-corrected chi connectivity index (χ3v) is 3.30. The molecule has 0 bridgehead atoms. The first-order chi connectivity index (χ1) is 10.2. The van der Waals surface area contributed by atoms with Crippen LogP contribution in [-0.2, 0) is 0 Å². The van der Waals surface area contributed by atoms with E-state index in [1.165, 1.54) is 5.69 Å². The van der Waals surface area contributed by atoms with E-state index in [0.717, 1.165) is 24.3 Å². The van der Waals surface area contributed by atoms with E-state index in [9.17, 15) is 5.11 Å². The molecule has 0 amide bonds. The van der Waals surface area contributed by atoms with Gasteiger partial charge < -0.3 is 10.0 Å².